The summed E-state index contributed by atoms with van der Waals surface area (Å²) in [6, 6.07) is 18.8. The molecule has 1 aliphatic heterocycles. The highest BCUT2D eigenvalue weighted by Gasteiger charge is 2.23. The van der Waals surface area contributed by atoms with Gasteiger partial charge in [0.05, 0.1) is 18.0 Å². The highest BCUT2D eigenvalue weighted by Crippen LogP contribution is 2.39. The van der Waals surface area contributed by atoms with Gasteiger partial charge in [-0.1, -0.05) is 48.5 Å². The van der Waals surface area contributed by atoms with Crippen molar-refractivity contribution in [1.82, 2.24) is 9.97 Å². The van der Waals surface area contributed by atoms with Gasteiger partial charge in [0, 0.05) is 22.9 Å². The molecule has 0 unspecified atom stereocenters. The van der Waals surface area contributed by atoms with Crippen molar-refractivity contribution in [2.75, 3.05) is 11.9 Å². The molecular weight excluding hydrogens is 342 g/mol. The first kappa shape index (κ1) is 15.3. The zero-order chi connectivity index (χ0) is 17.3. The molecule has 26 heavy (non-hydrogen) atoms. The average molecular weight is 359 g/mol. The van der Waals surface area contributed by atoms with Gasteiger partial charge in [0.25, 0.3) is 0 Å². The molecule has 0 fully saturated rings. The lowest BCUT2D eigenvalue weighted by Gasteiger charge is -2.27. The molecule has 2 aromatic heterocycles. The number of para-hydroxylation sites is 1. The first-order valence-corrected chi connectivity index (χ1v) is 9.54. The third kappa shape index (κ3) is 2.61. The van der Waals surface area contributed by atoms with Crippen LogP contribution in [0.25, 0.3) is 21.3 Å². The molecule has 0 saturated carbocycles. The first-order valence-electron chi connectivity index (χ1n) is 8.66. The minimum atomic E-state index is 0.182. The molecule has 0 aliphatic carbocycles. The summed E-state index contributed by atoms with van der Waals surface area (Å²) in [6.07, 6.45) is 2.55. The molecule has 4 nitrogen and oxygen atoms in total. The minimum absolute atomic E-state index is 0.182. The fourth-order valence-corrected chi connectivity index (χ4v) is 4.39. The smallest absolute Gasteiger partial charge is 0.139 e. The van der Waals surface area contributed by atoms with Crippen LogP contribution in [0, 0.1) is 0 Å². The fraction of sp³-hybridized carbons (Fsp3) is 0.143. The lowest BCUT2D eigenvalue weighted by molar-refractivity contribution is 0.274. The van der Waals surface area contributed by atoms with Crippen molar-refractivity contribution in [1.29, 1.82) is 0 Å². The topological polar surface area (TPSA) is 47.0 Å². The Morgan fingerprint density at radius 1 is 1.00 bits per heavy atom. The quantitative estimate of drug-likeness (QED) is 0.540. The highest BCUT2D eigenvalue weighted by atomic mass is 32.1. The van der Waals surface area contributed by atoms with Gasteiger partial charge in [-0.05, 0) is 11.6 Å². The molecule has 3 heterocycles. The molecule has 1 N–H and O–H groups in total. The zero-order valence-electron chi connectivity index (χ0n) is 14.1. The summed E-state index contributed by atoms with van der Waals surface area (Å²) in [6.45, 7) is 0.706. The number of ether oxygens (including phenoxy) is 1. The van der Waals surface area contributed by atoms with Crippen LogP contribution in [-0.4, -0.2) is 16.6 Å². The summed E-state index contributed by atoms with van der Waals surface area (Å²) >= 11 is 1.65. The molecule has 0 saturated heterocycles. The van der Waals surface area contributed by atoms with E-state index in [1.807, 2.05) is 18.2 Å². The van der Waals surface area contributed by atoms with E-state index in [-0.39, 0.29) is 6.04 Å². The van der Waals surface area contributed by atoms with E-state index in [2.05, 4.69) is 57.1 Å². The second kappa shape index (κ2) is 6.42. The molecule has 1 atom stereocenters. The normalized spacial score (nSPS) is 16.1. The molecule has 5 heteroatoms. The van der Waals surface area contributed by atoms with Crippen LogP contribution in [-0.2, 0) is 0 Å². The third-order valence-electron chi connectivity index (χ3n) is 4.72. The van der Waals surface area contributed by atoms with E-state index in [1.54, 1.807) is 17.7 Å². The Morgan fingerprint density at radius 2 is 1.85 bits per heavy atom. The SMILES string of the molecule is c1ccc(-c2csc3ncnc(N[C@@H]4CCOc5ccccc54)c23)cc1. The predicted octanol–water partition coefficient (Wildman–Crippen LogP) is 5.29. The van der Waals surface area contributed by atoms with Crippen LogP contribution in [0.1, 0.15) is 18.0 Å². The monoisotopic (exact) mass is 359 g/mol. The standard InChI is InChI=1S/C21H17N3OS/c1-2-6-14(7-3-1)16-12-26-21-19(16)20(22-13-23-21)24-17-10-11-25-18-9-5-4-8-15(17)18/h1-9,12-13,17H,10-11H2,(H,22,23,24)/t17-/m1/s1. The van der Waals surface area contributed by atoms with Crippen LogP contribution >= 0.6 is 11.3 Å². The predicted molar refractivity (Wildman–Crippen MR) is 106 cm³/mol. The van der Waals surface area contributed by atoms with Crippen molar-refractivity contribution in [2.24, 2.45) is 0 Å². The Labute approximate surface area is 155 Å². The number of benzene rings is 2. The van der Waals surface area contributed by atoms with Gasteiger partial charge in [-0.2, -0.15) is 0 Å². The molecule has 4 aromatic rings. The number of fused-ring (bicyclic) bond motifs is 2. The van der Waals surface area contributed by atoms with Crippen LogP contribution in [0.3, 0.4) is 0 Å². The highest BCUT2D eigenvalue weighted by molar-refractivity contribution is 7.17. The van der Waals surface area contributed by atoms with E-state index in [9.17, 15) is 0 Å². The summed E-state index contributed by atoms with van der Waals surface area (Å²) in [5, 5.41) is 6.91. The van der Waals surface area contributed by atoms with Crippen molar-refractivity contribution in [3.63, 3.8) is 0 Å². The summed E-state index contributed by atoms with van der Waals surface area (Å²) in [5.41, 5.74) is 3.54. The Balaban J connectivity index is 1.59. The second-order valence-corrected chi connectivity index (χ2v) is 7.15. The lowest BCUT2D eigenvalue weighted by Crippen LogP contribution is -2.20. The maximum Gasteiger partial charge on any atom is 0.139 e. The van der Waals surface area contributed by atoms with Gasteiger partial charge < -0.3 is 10.1 Å². The lowest BCUT2D eigenvalue weighted by atomic mass is 10.00. The van der Waals surface area contributed by atoms with Crippen LogP contribution in [0.2, 0.25) is 0 Å². The summed E-state index contributed by atoms with van der Waals surface area (Å²) < 4.78 is 5.79. The van der Waals surface area contributed by atoms with Crippen LogP contribution in [0.15, 0.2) is 66.3 Å². The summed E-state index contributed by atoms with van der Waals surface area (Å²) in [7, 11) is 0. The van der Waals surface area contributed by atoms with Gasteiger partial charge in [0.15, 0.2) is 0 Å². The van der Waals surface area contributed by atoms with Crippen molar-refractivity contribution >= 4 is 27.4 Å². The first-order chi connectivity index (χ1) is 12.9. The number of thiophene rings is 1. The van der Waals surface area contributed by atoms with Gasteiger partial charge in [-0.3, -0.25) is 0 Å². The average Bonchev–Trinajstić information content (AvgIpc) is 3.14. The number of rotatable bonds is 3. The Hall–Kier alpha value is -2.92. The van der Waals surface area contributed by atoms with Gasteiger partial charge in [-0.25, -0.2) is 9.97 Å². The van der Waals surface area contributed by atoms with Gasteiger partial charge in [-0.15, -0.1) is 11.3 Å². The molecule has 128 valence electrons. The van der Waals surface area contributed by atoms with E-state index < -0.39 is 0 Å². The van der Waals surface area contributed by atoms with Crippen LogP contribution in [0.5, 0.6) is 5.75 Å². The van der Waals surface area contributed by atoms with Crippen molar-refractivity contribution in [3.05, 3.63) is 71.9 Å². The Bertz CT molecular complexity index is 1060. The molecular formula is C21H17N3OS. The van der Waals surface area contributed by atoms with Gasteiger partial charge >= 0.3 is 0 Å². The third-order valence-corrected chi connectivity index (χ3v) is 5.61. The fourth-order valence-electron chi connectivity index (χ4n) is 3.47. The second-order valence-electron chi connectivity index (χ2n) is 6.29. The number of hydrogen-bond acceptors (Lipinski definition) is 5. The number of hydrogen-bond donors (Lipinski definition) is 1. The van der Waals surface area contributed by atoms with Crippen molar-refractivity contribution in [3.8, 4) is 16.9 Å². The van der Waals surface area contributed by atoms with E-state index in [1.165, 1.54) is 16.7 Å². The maximum atomic E-state index is 5.79. The molecule has 0 amide bonds. The largest absolute Gasteiger partial charge is 0.493 e. The number of nitrogens with one attached hydrogen (secondary N) is 1. The van der Waals surface area contributed by atoms with Gasteiger partial charge in [0.2, 0.25) is 0 Å². The minimum Gasteiger partial charge on any atom is -0.493 e. The van der Waals surface area contributed by atoms with E-state index in [0.717, 1.165) is 28.2 Å². The molecule has 1 aliphatic rings. The van der Waals surface area contributed by atoms with Crippen LogP contribution in [0.4, 0.5) is 5.82 Å². The number of anilines is 1. The van der Waals surface area contributed by atoms with Gasteiger partial charge in [0.1, 0.15) is 22.7 Å². The molecule has 2 aromatic carbocycles. The van der Waals surface area contributed by atoms with E-state index >= 15 is 0 Å². The Kier molecular flexibility index (Phi) is 3.79. The molecule has 0 bridgehead atoms. The molecule has 0 radical (unpaired) electrons. The van der Waals surface area contributed by atoms with E-state index in [4.69, 9.17) is 4.74 Å². The van der Waals surface area contributed by atoms with Crippen LogP contribution < -0.4 is 10.1 Å². The molecule has 5 rings (SSSR count). The zero-order valence-corrected chi connectivity index (χ0v) is 14.9. The summed E-state index contributed by atoms with van der Waals surface area (Å²) in [5.74, 6) is 1.84. The number of aromatic nitrogens is 2. The summed E-state index contributed by atoms with van der Waals surface area (Å²) in [4.78, 5) is 10.0. The van der Waals surface area contributed by atoms with Crippen molar-refractivity contribution in [2.45, 2.75) is 12.5 Å². The van der Waals surface area contributed by atoms with E-state index in [0.29, 0.717) is 6.61 Å². The number of nitrogens with zero attached hydrogens (tertiary/aromatic N) is 2. The Morgan fingerprint density at radius 3 is 2.77 bits per heavy atom. The maximum absolute atomic E-state index is 5.79. The van der Waals surface area contributed by atoms with Crippen molar-refractivity contribution < 1.29 is 4.74 Å². The molecule has 0 spiro atoms.